The Bertz CT molecular complexity index is 458. The number of carbonyl (C=O) groups excluding carboxylic acids is 1. The number of hydrogen-bond acceptors (Lipinski definition) is 4. The van der Waals surface area contributed by atoms with Gasteiger partial charge < -0.3 is 20.9 Å². The number of methoxy groups -OCH3 is 2. The molecule has 0 aromatic heterocycles. The maximum Gasteiger partial charge on any atom is 0.223 e. The summed E-state index contributed by atoms with van der Waals surface area (Å²) < 4.78 is 10.5. The van der Waals surface area contributed by atoms with Crippen molar-refractivity contribution in [2.45, 2.75) is 26.3 Å². The van der Waals surface area contributed by atoms with Gasteiger partial charge in [0.1, 0.15) is 11.5 Å². The summed E-state index contributed by atoms with van der Waals surface area (Å²) in [4.78, 5) is 11.4. The Kier molecular flexibility index (Phi) is 4.78. The average molecular weight is 266 g/mol. The van der Waals surface area contributed by atoms with Crippen LogP contribution in [-0.2, 0) is 4.79 Å². The molecular formula is C14H22N2O3. The zero-order chi connectivity index (χ0) is 14.6. The van der Waals surface area contributed by atoms with Crippen molar-refractivity contribution in [3.05, 3.63) is 23.8 Å². The number of hydrogen-bond donors (Lipinski definition) is 2. The molecule has 0 fully saturated rings. The molecule has 1 unspecified atom stereocenters. The lowest BCUT2D eigenvalue weighted by Crippen LogP contribution is -2.34. The van der Waals surface area contributed by atoms with Crippen molar-refractivity contribution in [2.75, 3.05) is 14.2 Å². The maximum atomic E-state index is 11.4. The van der Waals surface area contributed by atoms with Crippen LogP contribution in [0.1, 0.15) is 31.9 Å². The highest BCUT2D eigenvalue weighted by atomic mass is 16.5. The van der Waals surface area contributed by atoms with Gasteiger partial charge >= 0.3 is 0 Å². The number of rotatable bonds is 6. The van der Waals surface area contributed by atoms with E-state index in [1.54, 1.807) is 40.2 Å². The van der Waals surface area contributed by atoms with Gasteiger partial charge in [0.15, 0.2) is 0 Å². The highest BCUT2D eigenvalue weighted by Gasteiger charge is 2.29. The van der Waals surface area contributed by atoms with E-state index in [-0.39, 0.29) is 11.9 Å². The van der Waals surface area contributed by atoms with Crippen LogP contribution in [0.4, 0.5) is 0 Å². The molecule has 0 aliphatic rings. The fourth-order valence-electron chi connectivity index (χ4n) is 1.89. The number of carbonyl (C=O) groups is 1. The third kappa shape index (κ3) is 3.61. The number of amides is 1. The van der Waals surface area contributed by atoms with Crippen molar-refractivity contribution in [3.8, 4) is 11.5 Å². The summed E-state index contributed by atoms with van der Waals surface area (Å²) in [6.07, 6.45) is 0.436. The van der Waals surface area contributed by atoms with Crippen LogP contribution >= 0.6 is 0 Å². The van der Waals surface area contributed by atoms with Crippen LogP contribution in [0.15, 0.2) is 18.2 Å². The smallest absolute Gasteiger partial charge is 0.223 e. The topological polar surface area (TPSA) is 87.6 Å². The fraction of sp³-hybridized carbons (Fsp3) is 0.500. The summed E-state index contributed by atoms with van der Waals surface area (Å²) in [6, 6.07) is 5.06. The summed E-state index contributed by atoms with van der Waals surface area (Å²) in [5.41, 5.74) is 11.7. The minimum atomic E-state index is -0.673. The SMILES string of the molecule is COc1ccc(OC)c(C(N)CC(C)(C)C(N)=O)c1. The molecule has 1 rings (SSSR count). The zero-order valence-electron chi connectivity index (χ0n) is 11.9. The molecule has 0 aliphatic carbocycles. The van der Waals surface area contributed by atoms with E-state index in [0.29, 0.717) is 17.9 Å². The number of nitrogens with two attached hydrogens (primary N) is 2. The molecule has 106 valence electrons. The average Bonchev–Trinajstić information content (AvgIpc) is 2.37. The number of benzene rings is 1. The molecule has 0 spiro atoms. The molecule has 19 heavy (non-hydrogen) atoms. The van der Waals surface area contributed by atoms with Gasteiger partial charge in [0.2, 0.25) is 5.91 Å². The summed E-state index contributed by atoms with van der Waals surface area (Å²) >= 11 is 0. The van der Waals surface area contributed by atoms with E-state index in [9.17, 15) is 4.79 Å². The van der Waals surface area contributed by atoms with E-state index in [0.717, 1.165) is 5.56 Å². The first kappa shape index (κ1) is 15.3. The predicted octanol–water partition coefficient (Wildman–Crippen LogP) is 1.61. The van der Waals surface area contributed by atoms with Crippen LogP contribution in [0.25, 0.3) is 0 Å². The molecule has 0 aliphatic heterocycles. The predicted molar refractivity (Wildman–Crippen MR) is 74.1 cm³/mol. The van der Waals surface area contributed by atoms with Gasteiger partial charge in [-0.15, -0.1) is 0 Å². The minimum absolute atomic E-state index is 0.354. The van der Waals surface area contributed by atoms with Crippen molar-refractivity contribution in [3.63, 3.8) is 0 Å². The molecule has 0 saturated carbocycles. The Balaban J connectivity index is 3.04. The van der Waals surface area contributed by atoms with Crippen molar-refractivity contribution < 1.29 is 14.3 Å². The van der Waals surface area contributed by atoms with E-state index in [1.807, 2.05) is 6.07 Å². The lowest BCUT2D eigenvalue weighted by Gasteiger charge is -2.25. The van der Waals surface area contributed by atoms with Gasteiger partial charge in [0, 0.05) is 17.0 Å². The lowest BCUT2D eigenvalue weighted by atomic mass is 9.83. The highest BCUT2D eigenvalue weighted by molar-refractivity contribution is 5.80. The lowest BCUT2D eigenvalue weighted by molar-refractivity contribution is -0.126. The van der Waals surface area contributed by atoms with Gasteiger partial charge in [-0.2, -0.15) is 0 Å². The van der Waals surface area contributed by atoms with Crippen LogP contribution in [0.5, 0.6) is 11.5 Å². The van der Waals surface area contributed by atoms with E-state index >= 15 is 0 Å². The van der Waals surface area contributed by atoms with Gasteiger partial charge in [0.05, 0.1) is 14.2 Å². The van der Waals surface area contributed by atoms with Crippen LogP contribution in [0, 0.1) is 5.41 Å². The Hall–Kier alpha value is -1.75. The Morgan fingerprint density at radius 2 is 1.95 bits per heavy atom. The molecule has 1 amide bonds. The van der Waals surface area contributed by atoms with E-state index < -0.39 is 5.41 Å². The second kappa shape index (κ2) is 5.93. The normalized spacial score (nSPS) is 12.9. The van der Waals surface area contributed by atoms with Gasteiger partial charge in [-0.3, -0.25) is 4.79 Å². The third-order valence-corrected chi connectivity index (χ3v) is 3.23. The summed E-state index contributed by atoms with van der Waals surface area (Å²) in [6.45, 7) is 3.56. The van der Waals surface area contributed by atoms with E-state index in [2.05, 4.69) is 0 Å². The molecule has 1 aromatic rings. The molecule has 1 atom stereocenters. The van der Waals surface area contributed by atoms with Crippen LogP contribution < -0.4 is 20.9 Å². The fourth-order valence-corrected chi connectivity index (χ4v) is 1.89. The number of ether oxygens (including phenoxy) is 2. The molecule has 0 saturated heterocycles. The quantitative estimate of drug-likeness (QED) is 0.818. The minimum Gasteiger partial charge on any atom is -0.497 e. The maximum absolute atomic E-state index is 11.4. The monoisotopic (exact) mass is 266 g/mol. The molecule has 4 N–H and O–H groups in total. The summed E-state index contributed by atoms with van der Waals surface area (Å²) in [5, 5.41) is 0. The second-order valence-corrected chi connectivity index (χ2v) is 5.17. The van der Waals surface area contributed by atoms with Crippen LogP contribution in [0.2, 0.25) is 0 Å². The largest absolute Gasteiger partial charge is 0.497 e. The molecule has 1 aromatic carbocycles. The second-order valence-electron chi connectivity index (χ2n) is 5.17. The first-order chi connectivity index (χ1) is 8.81. The summed E-state index contributed by atoms with van der Waals surface area (Å²) in [7, 11) is 3.17. The molecule has 0 radical (unpaired) electrons. The third-order valence-electron chi connectivity index (χ3n) is 3.23. The Morgan fingerprint density at radius 3 is 2.42 bits per heavy atom. The summed E-state index contributed by atoms with van der Waals surface area (Å²) in [5.74, 6) is 1.00. The molecular weight excluding hydrogens is 244 g/mol. The zero-order valence-corrected chi connectivity index (χ0v) is 11.9. The molecule has 5 heteroatoms. The van der Waals surface area contributed by atoms with Crippen molar-refractivity contribution in [1.29, 1.82) is 0 Å². The Morgan fingerprint density at radius 1 is 1.32 bits per heavy atom. The van der Waals surface area contributed by atoms with E-state index in [1.165, 1.54) is 0 Å². The molecule has 0 heterocycles. The van der Waals surface area contributed by atoms with Gasteiger partial charge in [-0.1, -0.05) is 13.8 Å². The van der Waals surface area contributed by atoms with Crippen molar-refractivity contribution in [2.24, 2.45) is 16.9 Å². The van der Waals surface area contributed by atoms with Crippen molar-refractivity contribution in [1.82, 2.24) is 0 Å². The first-order valence-electron chi connectivity index (χ1n) is 6.09. The molecule has 0 bridgehead atoms. The molecule has 5 nitrogen and oxygen atoms in total. The van der Waals surface area contributed by atoms with Crippen LogP contribution in [-0.4, -0.2) is 20.1 Å². The number of primary amides is 1. The van der Waals surface area contributed by atoms with Gasteiger partial charge in [-0.25, -0.2) is 0 Å². The van der Waals surface area contributed by atoms with Crippen LogP contribution in [0.3, 0.4) is 0 Å². The highest BCUT2D eigenvalue weighted by Crippen LogP contribution is 2.34. The standard InChI is InChI=1S/C14H22N2O3/c1-14(2,13(16)17)8-11(15)10-7-9(18-3)5-6-12(10)19-4/h5-7,11H,8,15H2,1-4H3,(H2,16,17). The van der Waals surface area contributed by atoms with Gasteiger partial charge in [-0.05, 0) is 24.6 Å². The van der Waals surface area contributed by atoms with Gasteiger partial charge in [0.25, 0.3) is 0 Å². The van der Waals surface area contributed by atoms with Crippen molar-refractivity contribution >= 4 is 5.91 Å². The van der Waals surface area contributed by atoms with E-state index in [4.69, 9.17) is 20.9 Å². The first-order valence-corrected chi connectivity index (χ1v) is 6.09. The Labute approximate surface area is 113 Å².